The highest BCUT2D eigenvalue weighted by atomic mass is 35.5. The molecule has 0 aliphatic carbocycles. The lowest BCUT2D eigenvalue weighted by Crippen LogP contribution is -2.46. The van der Waals surface area contributed by atoms with E-state index in [1.807, 2.05) is 63.2 Å². The summed E-state index contributed by atoms with van der Waals surface area (Å²) in [5, 5.41) is 4.10. The number of anilines is 1. The Morgan fingerprint density at radius 1 is 1.00 bits per heavy atom. The summed E-state index contributed by atoms with van der Waals surface area (Å²) in [6, 6.07) is 15.1. The van der Waals surface area contributed by atoms with Crippen LogP contribution in [-0.2, 0) is 4.74 Å². The van der Waals surface area contributed by atoms with Gasteiger partial charge in [-0.2, -0.15) is 0 Å². The molecule has 36 heavy (non-hydrogen) atoms. The summed E-state index contributed by atoms with van der Waals surface area (Å²) in [7, 11) is 0. The Balaban J connectivity index is 1.36. The van der Waals surface area contributed by atoms with E-state index in [4.69, 9.17) is 32.7 Å². The fraction of sp³-hybridized carbons (Fsp3) is 0.321. The second-order valence-electron chi connectivity index (χ2n) is 9.89. The number of hydrogen-bond donors (Lipinski definition) is 1. The molecule has 0 spiro atoms. The third-order valence-electron chi connectivity index (χ3n) is 5.66. The number of rotatable bonds is 5. The van der Waals surface area contributed by atoms with Crippen LogP contribution in [0.2, 0.25) is 10.0 Å². The van der Waals surface area contributed by atoms with E-state index in [1.165, 1.54) is 0 Å². The van der Waals surface area contributed by atoms with E-state index in [1.54, 1.807) is 12.3 Å². The van der Waals surface area contributed by atoms with E-state index in [2.05, 4.69) is 22.1 Å². The van der Waals surface area contributed by atoms with Crippen LogP contribution in [0.4, 0.5) is 10.6 Å². The summed E-state index contributed by atoms with van der Waals surface area (Å²) in [6.45, 7) is 11.2. The number of ether oxygens (including phenoxy) is 2. The molecule has 1 fully saturated rings. The van der Waals surface area contributed by atoms with Gasteiger partial charge in [-0.1, -0.05) is 29.3 Å². The zero-order valence-electron chi connectivity index (χ0n) is 20.7. The van der Waals surface area contributed by atoms with Crippen LogP contribution in [0.15, 0.2) is 54.7 Å². The van der Waals surface area contributed by atoms with Crippen molar-refractivity contribution in [1.29, 1.82) is 0 Å². The average molecular weight is 527 g/mol. The molecule has 0 atom stereocenters. The highest BCUT2D eigenvalue weighted by molar-refractivity contribution is 6.35. The summed E-state index contributed by atoms with van der Waals surface area (Å²) in [5.41, 5.74) is 2.11. The zero-order chi connectivity index (χ0) is 25.9. The highest BCUT2D eigenvalue weighted by Gasteiger charge is 2.24. The van der Waals surface area contributed by atoms with Gasteiger partial charge in [0.2, 0.25) is 0 Å². The number of aromatic nitrogens is 1. The van der Waals surface area contributed by atoms with E-state index >= 15 is 0 Å². The maximum atomic E-state index is 12.0. The van der Waals surface area contributed by atoms with E-state index < -0.39 is 5.60 Å². The fourth-order valence-electron chi connectivity index (χ4n) is 4.09. The minimum absolute atomic E-state index is 0.0946. The van der Waals surface area contributed by atoms with Crippen molar-refractivity contribution in [3.8, 4) is 22.6 Å². The van der Waals surface area contributed by atoms with Crippen LogP contribution in [0.1, 0.15) is 39.2 Å². The van der Waals surface area contributed by atoms with Crippen molar-refractivity contribution in [2.45, 2.75) is 45.3 Å². The van der Waals surface area contributed by atoms with Crippen molar-refractivity contribution in [2.24, 2.45) is 0 Å². The molecule has 2 heterocycles. The number of amides is 1. The maximum Gasteiger partial charge on any atom is 0.407 e. The summed E-state index contributed by atoms with van der Waals surface area (Å²) in [4.78, 5) is 18.8. The molecular formula is C28H30Cl2N3O3. The summed E-state index contributed by atoms with van der Waals surface area (Å²) >= 11 is 12.3. The molecule has 1 saturated heterocycles. The number of piperidine rings is 1. The molecule has 189 valence electrons. The molecule has 6 nitrogen and oxygen atoms in total. The number of carbonyl (C=O) groups excluding carboxylic acids is 1. The van der Waals surface area contributed by atoms with Gasteiger partial charge in [0.1, 0.15) is 22.9 Å². The van der Waals surface area contributed by atoms with Crippen LogP contribution in [0.3, 0.4) is 0 Å². The third-order valence-corrected chi connectivity index (χ3v) is 6.09. The van der Waals surface area contributed by atoms with Crippen LogP contribution < -0.4 is 15.0 Å². The van der Waals surface area contributed by atoms with E-state index in [9.17, 15) is 4.79 Å². The average Bonchev–Trinajstić information content (AvgIpc) is 2.78. The van der Waals surface area contributed by atoms with E-state index in [0.717, 1.165) is 48.4 Å². The van der Waals surface area contributed by atoms with Crippen molar-refractivity contribution in [2.75, 3.05) is 18.0 Å². The first-order valence-corrected chi connectivity index (χ1v) is 12.6. The van der Waals surface area contributed by atoms with E-state index in [0.29, 0.717) is 21.5 Å². The highest BCUT2D eigenvalue weighted by Crippen LogP contribution is 2.32. The van der Waals surface area contributed by atoms with Gasteiger partial charge in [-0.15, -0.1) is 0 Å². The summed E-state index contributed by atoms with van der Waals surface area (Å²) in [5.74, 6) is 2.15. The predicted molar refractivity (Wildman–Crippen MR) is 145 cm³/mol. The maximum absolute atomic E-state index is 12.0. The Morgan fingerprint density at radius 3 is 2.28 bits per heavy atom. The number of carbonyl (C=O) groups is 1. The molecule has 1 aliphatic rings. The Labute approximate surface area is 222 Å². The smallest absolute Gasteiger partial charge is 0.407 e. The molecule has 8 heteroatoms. The molecule has 0 bridgehead atoms. The number of benzene rings is 2. The van der Waals surface area contributed by atoms with Crippen molar-refractivity contribution in [1.82, 2.24) is 10.3 Å². The standard InChI is InChI=1S/C28H30Cl2N3O3/c1-18-11-19(20-13-21(29)16-22(30)14-20)15-25(12-18)35-24-5-6-26(31-17-24)33-9-7-23(8-10-33)32-27(34)36-28(2,3)4/h5-6,11-17,23H,1,7-10H2,2-4H3,(H,32,34). The van der Waals surface area contributed by atoms with Gasteiger partial charge in [0.25, 0.3) is 0 Å². The van der Waals surface area contributed by atoms with Gasteiger partial charge in [0, 0.05) is 29.2 Å². The van der Waals surface area contributed by atoms with Gasteiger partial charge in [0.15, 0.2) is 0 Å². The fourth-order valence-corrected chi connectivity index (χ4v) is 4.62. The lowest BCUT2D eigenvalue weighted by molar-refractivity contribution is 0.0497. The van der Waals surface area contributed by atoms with Gasteiger partial charge < -0.3 is 19.7 Å². The van der Waals surface area contributed by atoms with E-state index in [-0.39, 0.29) is 12.1 Å². The first-order valence-electron chi connectivity index (χ1n) is 11.9. The van der Waals surface area contributed by atoms with Crippen molar-refractivity contribution in [3.63, 3.8) is 0 Å². The number of nitrogens with one attached hydrogen (secondary N) is 1. The first-order chi connectivity index (χ1) is 17.0. The molecule has 1 N–H and O–H groups in total. The molecule has 3 aromatic rings. The Bertz CT molecular complexity index is 1200. The van der Waals surface area contributed by atoms with Gasteiger partial charge in [-0.3, -0.25) is 0 Å². The third kappa shape index (κ3) is 7.28. The molecule has 1 aliphatic heterocycles. The van der Waals surface area contributed by atoms with Crippen LogP contribution in [0.25, 0.3) is 11.1 Å². The predicted octanol–water partition coefficient (Wildman–Crippen LogP) is 7.52. The van der Waals surface area contributed by atoms with Crippen LogP contribution in [-0.4, -0.2) is 35.8 Å². The Kier molecular flexibility index (Phi) is 7.96. The van der Waals surface area contributed by atoms with Crippen LogP contribution in [0.5, 0.6) is 11.5 Å². The SMILES string of the molecule is [CH2]c1cc(Oc2ccc(N3CCC(NC(=O)OC(C)(C)C)CC3)nc2)cc(-c2cc(Cl)cc(Cl)c2)c1. The first kappa shape index (κ1) is 26.1. The van der Waals surface area contributed by atoms with Gasteiger partial charge >= 0.3 is 6.09 Å². The topological polar surface area (TPSA) is 63.7 Å². The monoisotopic (exact) mass is 526 g/mol. The largest absolute Gasteiger partial charge is 0.456 e. The Hall–Kier alpha value is -2.96. The van der Waals surface area contributed by atoms with Crippen molar-refractivity contribution in [3.05, 3.63) is 77.3 Å². The molecule has 0 unspecified atom stereocenters. The van der Waals surface area contributed by atoms with Gasteiger partial charge in [-0.25, -0.2) is 9.78 Å². The van der Waals surface area contributed by atoms with Gasteiger partial charge in [0.05, 0.1) is 6.20 Å². The number of alkyl carbamates (subject to hydrolysis) is 1. The number of halogens is 2. The zero-order valence-corrected chi connectivity index (χ0v) is 22.2. The lowest BCUT2D eigenvalue weighted by atomic mass is 10.0. The van der Waals surface area contributed by atoms with Crippen molar-refractivity contribution < 1.29 is 14.3 Å². The molecular weight excluding hydrogens is 497 g/mol. The minimum atomic E-state index is -0.502. The number of pyridine rings is 1. The molecule has 1 amide bonds. The lowest BCUT2D eigenvalue weighted by Gasteiger charge is -2.33. The summed E-state index contributed by atoms with van der Waals surface area (Å²) in [6.07, 6.45) is 3.00. The van der Waals surface area contributed by atoms with Crippen molar-refractivity contribution >= 4 is 35.1 Å². The molecule has 0 saturated carbocycles. The molecule has 2 aromatic carbocycles. The normalized spacial score (nSPS) is 14.4. The molecule has 4 rings (SSSR count). The van der Waals surface area contributed by atoms with Crippen LogP contribution >= 0.6 is 23.2 Å². The minimum Gasteiger partial charge on any atom is -0.456 e. The second-order valence-corrected chi connectivity index (χ2v) is 10.8. The Morgan fingerprint density at radius 2 is 1.67 bits per heavy atom. The molecule has 1 radical (unpaired) electrons. The van der Waals surface area contributed by atoms with Gasteiger partial charge in [-0.05, 0) is 99.7 Å². The van der Waals surface area contributed by atoms with Crippen LogP contribution in [0, 0.1) is 6.92 Å². The number of nitrogens with zero attached hydrogens (tertiary/aromatic N) is 2. The molecule has 1 aromatic heterocycles. The quantitative estimate of drug-likeness (QED) is 0.372. The number of hydrogen-bond acceptors (Lipinski definition) is 5. The summed E-state index contributed by atoms with van der Waals surface area (Å²) < 4.78 is 11.4. The second kappa shape index (κ2) is 11.0.